The lowest BCUT2D eigenvalue weighted by Gasteiger charge is -2.26. The molecule has 1 amide bonds. The van der Waals surface area contributed by atoms with Crippen LogP contribution in [0.1, 0.15) is 40.4 Å². The van der Waals surface area contributed by atoms with E-state index in [-0.39, 0.29) is 17.8 Å². The van der Waals surface area contributed by atoms with E-state index in [1.165, 1.54) is 17.3 Å². The zero-order valence-electron chi connectivity index (χ0n) is 11.5. The fourth-order valence-electron chi connectivity index (χ4n) is 2.72. The molecule has 5 heteroatoms. The average molecular weight is 302 g/mol. The number of halogens is 1. The predicted octanol–water partition coefficient (Wildman–Crippen LogP) is 3.12. The van der Waals surface area contributed by atoms with Crippen molar-refractivity contribution >= 4 is 23.3 Å². The fraction of sp³-hybridized carbons (Fsp3) is 0.250. The highest BCUT2D eigenvalue weighted by Gasteiger charge is 2.22. The Morgan fingerprint density at radius 1 is 1.38 bits per heavy atom. The number of aryl methyl sites for hydroxylation is 1. The van der Waals surface area contributed by atoms with Gasteiger partial charge in [0.25, 0.3) is 5.91 Å². The van der Waals surface area contributed by atoms with Crippen molar-refractivity contribution in [3.8, 4) is 0 Å². The highest BCUT2D eigenvalue weighted by Crippen LogP contribution is 2.29. The molecule has 1 heterocycles. The van der Waals surface area contributed by atoms with Gasteiger partial charge in [-0.15, -0.1) is 0 Å². The molecule has 3 N–H and O–H groups in total. The number of amides is 1. The molecule has 108 valence electrons. The van der Waals surface area contributed by atoms with E-state index in [0.717, 1.165) is 19.3 Å². The van der Waals surface area contributed by atoms with E-state index in [9.17, 15) is 4.79 Å². The summed E-state index contributed by atoms with van der Waals surface area (Å²) in [5.74, 6) is 0.0577. The Balaban J connectivity index is 1.81. The lowest BCUT2D eigenvalue weighted by Crippen LogP contribution is -2.31. The summed E-state index contributed by atoms with van der Waals surface area (Å²) >= 11 is 5.91. The molecule has 1 aliphatic rings. The fourth-order valence-corrected chi connectivity index (χ4v) is 2.88. The van der Waals surface area contributed by atoms with E-state index in [4.69, 9.17) is 17.3 Å². The van der Waals surface area contributed by atoms with Crippen molar-refractivity contribution in [3.63, 3.8) is 0 Å². The lowest BCUT2D eigenvalue weighted by atomic mass is 9.87. The van der Waals surface area contributed by atoms with Crippen molar-refractivity contribution in [3.05, 3.63) is 58.2 Å². The molecule has 1 aliphatic carbocycles. The van der Waals surface area contributed by atoms with Crippen molar-refractivity contribution in [1.82, 2.24) is 10.3 Å². The largest absolute Gasteiger partial charge is 0.382 e. The second kappa shape index (κ2) is 5.74. The van der Waals surface area contributed by atoms with Crippen LogP contribution in [0.4, 0.5) is 5.82 Å². The Morgan fingerprint density at radius 3 is 3.00 bits per heavy atom. The maximum absolute atomic E-state index is 12.3. The molecule has 0 saturated carbocycles. The van der Waals surface area contributed by atoms with Crippen LogP contribution in [0.3, 0.4) is 0 Å². The Morgan fingerprint density at radius 2 is 2.19 bits per heavy atom. The topological polar surface area (TPSA) is 68.0 Å². The van der Waals surface area contributed by atoms with Crippen molar-refractivity contribution in [2.75, 3.05) is 5.73 Å². The number of nitrogens with two attached hydrogens (primary N) is 1. The van der Waals surface area contributed by atoms with Crippen molar-refractivity contribution in [1.29, 1.82) is 0 Å². The summed E-state index contributed by atoms with van der Waals surface area (Å²) in [7, 11) is 0. The Kier molecular flexibility index (Phi) is 3.80. The summed E-state index contributed by atoms with van der Waals surface area (Å²) in [6, 6.07) is 9.83. The molecular formula is C16H16ClN3O. The van der Waals surface area contributed by atoms with Gasteiger partial charge in [0.1, 0.15) is 5.82 Å². The number of carbonyl (C=O) groups excluding carboxylic acids is 1. The number of carbonyl (C=O) groups is 1. The average Bonchev–Trinajstić information content (AvgIpc) is 2.50. The van der Waals surface area contributed by atoms with Crippen LogP contribution in [0, 0.1) is 0 Å². The van der Waals surface area contributed by atoms with E-state index >= 15 is 0 Å². The lowest BCUT2D eigenvalue weighted by molar-refractivity contribution is 0.0932. The van der Waals surface area contributed by atoms with Gasteiger partial charge in [-0.3, -0.25) is 4.79 Å². The van der Waals surface area contributed by atoms with E-state index in [1.54, 1.807) is 6.07 Å². The highest BCUT2D eigenvalue weighted by molar-refractivity contribution is 6.33. The molecule has 1 atom stereocenters. The number of nitrogen functional groups attached to an aromatic ring is 1. The minimum Gasteiger partial charge on any atom is -0.382 e. The minimum absolute atomic E-state index is 0.0405. The third-order valence-electron chi connectivity index (χ3n) is 3.81. The van der Waals surface area contributed by atoms with Crippen molar-refractivity contribution in [2.24, 2.45) is 0 Å². The molecule has 1 aromatic carbocycles. The van der Waals surface area contributed by atoms with E-state index in [1.807, 2.05) is 12.1 Å². The Bertz CT molecular complexity index is 687. The molecule has 1 unspecified atom stereocenters. The zero-order valence-corrected chi connectivity index (χ0v) is 12.2. The molecular weight excluding hydrogens is 286 g/mol. The summed E-state index contributed by atoms with van der Waals surface area (Å²) < 4.78 is 0. The summed E-state index contributed by atoms with van der Waals surface area (Å²) in [5.41, 5.74) is 8.50. The second-order valence-electron chi connectivity index (χ2n) is 5.21. The first-order valence-electron chi connectivity index (χ1n) is 6.95. The molecule has 2 aromatic rings. The number of fused-ring (bicyclic) bond motifs is 1. The van der Waals surface area contributed by atoms with Crippen LogP contribution < -0.4 is 11.1 Å². The molecule has 0 fully saturated rings. The van der Waals surface area contributed by atoms with Crippen LogP contribution in [0.25, 0.3) is 0 Å². The number of benzene rings is 1. The maximum Gasteiger partial charge on any atom is 0.253 e. The Hall–Kier alpha value is -2.07. The summed E-state index contributed by atoms with van der Waals surface area (Å²) in [4.78, 5) is 16.3. The minimum atomic E-state index is -0.175. The first-order valence-corrected chi connectivity index (χ1v) is 7.32. The van der Waals surface area contributed by atoms with Crippen LogP contribution in [0.5, 0.6) is 0 Å². The molecule has 1 aromatic heterocycles. The van der Waals surface area contributed by atoms with Gasteiger partial charge in [0.2, 0.25) is 0 Å². The zero-order chi connectivity index (χ0) is 14.8. The first-order chi connectivity index (χ1) is 10.1. The van der Waals surface area contributed by atoms with Gasteiger partial charge in [-0.2, -0.15) is 0 Å². The van der Waals surface area contributed by atoms with Gasteiger partial charge in [0.05, 0.1) is 16.6 Å². The molecule has 0 bridgehead atoms. The number of nitrogens with one attached hydrogen (secondary N) is 1. The van der Waals surface area contributed by atoms with Gasteiger partial charge in [-0.1, -0.05) is 35.9 Å². The molecule has 21 heavy (non-hydrogen) atoms. The summed E-state index contributed by atoms with van der Waals surface area (Å²) in [5, 5.41) is 3.36. The summed E-state index contributed by atoms with van der Waals surface area (Å²) in [6.07, 6.45) is 4.53. The number of hydrogen-bond acceptors (Lipinski definition) is 3. The molecule has 0 spiro atoms. The van der Waals surface area contributed by atoms with Gasteiger partial charge >= 0.3 is 0 Å². The van der Waals surface area contributed by atoms with E-state index in [0.29, 0.717) is 10.6 Å². The van der Waals surface area contributed by atoms with Gasteiger partial charge in [0, 0.05) is 6.20 Å². The molecule has 0 radical (unpaired) electrons. The quantitative estimate of drug-likeness (QED) is 0.895. The number of pyridine rings is 1. The van der Waals surface area contributed by atoms with Gasteiger partial charge in [0.15, 0.2) is 0 Å². The third kappa shape index (κ3) is 2.85. The van der Waals surface area contributed by atoms with Crippen molar-refractivity contribution < 1.29 is 4.79 Å². The normalized spacial score (nSPS) is 17.1. The third-order valence-corrected chi connectivity index (χ3v) is 4.11. The molecule has 0 aliphatic heterocycles. The molecule has 3 rings (SSSR count). The standard InChI is InChI=1S/C16H16ClN3O/c17-13-8-11(9-19-15(13)18)16(21)20-14-7-3-5-10-4-1-2-6-12(10)14/h1-2,4,6,8-9,14H,3,5,7H2,(H2,18,19)(H,20,21). The van der Waals surface area contributed by atoms with Gasteiger partial charge in [-0.05, 0) is 36.5 Å². The predicted molar refractivity (Wildman–Crippen MR) is 83.2 cm³/mol. The number of anilines is 1. The smallest absolute Gasteiger partial charge is 0.253 e. The number of hydrogen-bond donors (Lipinski definition) is 2. The monoisotopic (exact) mass is 301 g/mol. The highest BCUT2D eigenvalue weighted by atomic mass is 35.5. The SMILES string of the molecule is Nc1ncc(C(=O)NC2CCCc3ccccc32)cc1Cl. The van der Waals surface area contributed by atoms with Crippen molar-refractivity contribution in [2.45, 2.75) is 25.3 Å². The number of aromatic nitrogens is 1. The van der Waals surface area contributed by atoms with Crippen LogP contribution >= 0.6 is 11.6 Å². The van der Waals surface area contributed by atoms with Crippen LogP contribution in [-0.2, 0) is 6.42 Å². The van der Waals surface area contributed by atoms with E-state index < -0.39 is 0 Å². The van der Waals surface area contributed by atoms with Crippen LogP contribution in [0.15, 0.2) is 36.5 Å². The van der Waals surface area contributed by atoms with Crippen LogP contribution in [0.2, 0.25) is 5.02 Å². The van der Waals surface area contributed by atoms with Gasteiger partial charge in [-0.25, -0.2) is 4.98 Å². The number of rotatable bonds is 2. The first kappa shape index (κ1) is 13.9. The van der Waals surface area contributed by atoms with E-state index in [2.05, 4.69) is 22.4 Å². The second-order valence-corrected chi connectivity index (χ2v) is 5.62. The maximum atomic E-state index is 12.3. The molecule has 4 nitrogen and oxygen atoms in total. The summed E-state index contributed by atoms with van der Waals surface area (Å²) in [6.45, 7) is 0. The van der Waals surface area contributed by atoms with Crippen LogP contribution in [-0.4, -0.2) is 10.9 Å². The van der Waals surface area contributed by atoms with Gasteiger partial charge < -0.3 is 11.1 Å². The Labute approximate surface area is 128 Å². The number of nitrogens with zero attached hydrogens (tertiary/aromatic N) is 1. The molecule has 0 saturated heterocycles.